The van der Waals surface area contributed by atoms with Crippen molar-refractivity contribution in [3.05, 3.63) is 29.3 Å². The second kappa shape index (κ2) is 4.90. The van der Waals surface area contributed by atoms with Crippen molar-refractivity contribution in [3.8, 4) is 5.75 Å². The number of benzene rings is 1. The molecule has 90 valence electrons. The van der Waals surface area contributed by atoms with Gasteiger partial charge in [0.25, 0.3) is 0 Å². The molecule has 0 saturated carbocycles. The van der Waals surface area contributed by atoms with Gasteiger partial charge in [-0.2, -0.15) is 0 Å². The molecule has 1 N–H and O–H groups in total. The van der Waals surface area contributed by atoms with Crippen LogP contribution in [0.2, 0.25) is 0 Å². The summed E-state index contributed by atoms with van der Waals surface area (Å²) in [7, 11) is 0. The first-order chi connectivity index (χ1) is 7.45. The van der Waals surface area contributed by atoms with Gasteiger partial charge in [-0.1, -0.05) is 40.7 Å². The van der Waals surface area contributed by atoms with Gasteiger partial charge in [-0.05, 0) is 47.4 Å². The molecule has 0 spiro atoms. The molecule has 0 aromatic heterocycles. The number of aryl methyl sites for hydroxylation is 1. The van der Waals surface area contributed by atoms with Crippen LogP contribution < -0.4 is 0 Å². The van der Waals surface area contributed by atoms with Crippen molar-refractivity contribution in [2.75, 3.05) is 0 Å². The molecule has 0 fully saturated rings. The average molecular weight is 220 g/mol. The molecule has 1 nitrogen and oxygen atoms in total. The van der Waals surface area contributed by atoms with Crippen molar-refractivity contribution in [1.82, 2.24) is 0 Å². The summed E-state index contributed by atoms with van der Waals surface area (Å²) in [6.45, 7) is 11.3. The maximum atomic E-state index is 9.55. The van der Waals surface area contributed by atoms with E-state index in [1.807, 2.05) is 12.1 Å². The standard InChI is InChI=1S/C15H24O/c1-6-12-10-13(16)8-9-14(12)15(5,7-2)11(3)4/h8-11,16H,6-7H2,1-5H3. The summed E-state index contributed by atoms with van der Waals surface area (Å²) < 4.78 is 0. The van der Waals surface area contributed by atoms with E-state index in [0.29, 0.717) is 11.7 Å². The molecular formula is C15H24O. The van der Waals surface area contributed by atoms with Crippen LogP contribution in [-0.2, 0) is 11.8 Å². The van der Waals surface area contributed by atoms with E-state index in [-0.39, 0.29) is 5.41 Å². The van der Waals surface area contributed by atoms with E-state index in [0.717, 1.165) is 12.8 Å². The molecule has 1 aromatic carbocycles. The fraction of sp³-hybridized carbons (Fsp3) is 0.600. The van der Waals surface area contributed by atoms with Crippen LogP contribution in [0.3, 0.4) is 0 Å². The first kappa shape index (κ1) is 13.1. The minimum absolute atomic E-state index is 0.207. The first-order valence-electron chi connectivity index (χ1n) is 6.28. The quantitative estimate of drug-likeness (QED) is 0.803. The Kier molecular flexibility index (Phi) is 4.01. The fourth-order valence-electron chi connectivity index (χ4n) is 2.34. The molecule has 0 bridgehead atoms. The highest BCUT2D eigenvalue weighted by atomic mass is 16.3. The lowest BCUT2D eigenvalue weighted by Gasteiger charge is -2.35. The van der Waals surface area contributed by atoms with Crippen molar-refractivity contribution in [3.63, 3.8) is 0 Å². The maximum absolute atomic E-state index is 9.55. The van der Waals surface area contributed by atoms with Gasteiger partial charge in [-0.15, -0.1) is 0 Å². The van der Waals surface area contributed by atoms with Gasteiger partial charge in [0.15, 0.2) is 0 Å². The van der Waals surface area contributed by atoms with Gasteiger partial charge in [0.1, 0.15) is 5.75 Å². The number of phenols is 1. The zero-order valence-corrected chi connectivity index (χ0v) is 11.2. The van der Waals surface area contributed by atoms with Crippen molar-refractivity contribution < 1.29 is 5.11 Å². The molecular weight excluding hydrogens is 196 g/mol. The van der Waals surface area contributed by atoms with Crippen LogP contribution in [-0.4, -0.2) is 5.11 Å². The minimum atomic E-state index is 0.207. The number of rotatable bonds is 4. The Morgan fingerprint density at radius 2 is 1.88 bits per heavy atom. The monoisotopic (exact) mass is 220 g/mol. The Morgan fingerprint density at radius 1 is 1.25 bits per heavy atom. The van der Waals surface area contributed by atoms with E-state index in [2.05, 4.69) is 40.7 Å². The predicted molar refractivity (Wildman–Crippen MR) is 70.0 cm³/mol. The van der Waals surface area contributed by atoms with Gasteiger partial charge in [0.05, 0.1) is 0 Å². The van der Waals surface area contributed by atoms with Crippen LogP contribution in [0.5, 0.6) is 5.75 Å². The number of hydrogen-bond donors (Lipinski definition) is 1. The SMILES string of the molecule is CCc1cc(O)ccc1C(C)(CC)C(C)C. The van der Waals surface area contributed by atoms with Crippen LogP contribution in [0, 0.1) is 5.92 Å². The zero-order valence-electron chi connectivity index (χ0n) is 11.2. The highest BCUT2D eigenvalue weighted by Gasteiger charge is 2.30. The highest BCUT2D eigenvalue weighted by Crippen LogP contribution is 2.38. The Morgan fingerprint density at radius 3 is 2.31 bits per heavy atom. The number of phenolic OH excluding ortho intramolecular Hbond substituents is 1. The summed E-state index contributed by atoms with van der Waals surface area (Å²) >= 11 is 0. The molecule has 0 aliphatic heterocycles. The van der Waals surface area contributed by atoms with Crippen LogP contribution in [0.15, 0.2) is 18.2 Å². The third-order valence-electron chi connectivity index (χ3n) is 4.09. The van der Waals surface area contributed by atoms with Crippen LogP contribution in [0.25, 0.3) is 0 Å². The molecule has 0 saturated heterocycles. The molecule has 0 heterocycles. The van der Waals surface area contributed by atoms with E-state index in [1.165, 1.54) is 11.1 Å². The van der Waals surface area contributed by atoms with Gasteiger partial charge in [-0.25, -0.2) is 0 Å². The van der Waals surface area contributed by atoms with E-state index in [9.17, 15) is 5.11 Å². The lowest BCUT2D eigenvalue weighted by molar-refractivity contribution is 0.323. The fourth-order valence-corrected chi connectivity index (χ4v) is 2.34. The third kappa shape index (κ3) is 2.23. The predicted octanol–water partition coefficient (Wildman–Crippen LogP) is 4.28. The summed E-state index contributed by atoms with van der Waals surface area (Å²) in [5.74, 6) is 0.982. The summed E-state index contributed by atoms with van der Waals surface area (Å²) in [4.78, 5) is 0. The Labute approximate surface area is 99.5 Å². The van der Waals surface area contributed by atoms with Gasteiger partial charge in [0, 0.05) is 0 Å². The first-order valence-corrected chi connectivity index (χ1v) is 6.28. The van der Waals surface area contributed by atoms with E-state index >= 15 is 0 Å². The summed E-state index contributed by atoms with van der Waals surface area (Å²) in [6.07, 6.45) is 2.11. The summed E-state index contributed by atoms with van der Waals surface area (Å²) in [6, 6.07) is 5.81. The second-order valence-electron chi connectivity index (χ2n) is 5.12. The molecule has 1 atom stereocenters. The van der Waals surface area contributed by atoms with Crippen molar-refractivity contribution in [2.24, 2.45) is 5.92 Å². The second-order valence-corrected chi connectivity index (χ2v) is 5.12. The molecule has 0 radical (unpaired) electrons. The third-order valence-corrected chi connectivity index (χ3v) is 4.09. The van der Waals surface area contributed by atoms with Gasteiger partial charge >= 0.3 is 0 Å². The highest BCUT2D eigenvalue weighted by molar-refractivity contribution is 5.39. The lowest BCUT2D eigenvalue weighted by Crippen LogP contribution is -2.29. The smallest absolute Gasteiger partial charge is 0.115 e. The van der Waals surface area contributed by atoms with Crippen LogP contribution in [0.4, 0.5) is 0 Å². The molecule has 1 unspecified atom stereocenters. The normalized spacial score (nSPS) is 15.1. The van der Waals surface area contributed by atoms with Gasteiger partial charge in [-0.3, -0.25) is 0 Å². The lowest BCUT2D eigenvalue weighted by atomic mass is 9.69. The average Bonchev–Trinajstić information content (AvgIpc) is 2.27. The molecule has 16 heavy (non-hydrogen) atoms. The Balaban J connectivity index is 3.30. The largest absolute Gasteiger partial charge is 0.508 e. The minimum Gasteiger partial charge on any atom is -0.508 e. The number of aromatic hydroxyl groups is 1. The summed E-state index contributed by atoms with van der Waals surface area (Å²) in [5, 5.41) is 9.55. The summed E-state index contributed by atoms with van der Waals surface area (Å²) in [5.41, 5.74) is 2.88. The van der Waals surface area contributed by atoms with E-state index in [1.54, 1.807) is 0 Å². The molecule has 0 aliphatic rings. The molecule has 1 aromatic rings. The number of hydrogen-bond acceptors (Lipinski definition) is 1. The van der Waals surface area contributed by atoms with E-state index in [4.69, 9.17) is 0 Å². The van der Waals surface area contributed by atoms with Crippen molar-refractivity contribution >= 4 is 0 Å². The maximum Gasteiger partial charge on any atom is 0.115 e. The Bertz CT molecular complexity index is 354. The van der Waals surface area contributed by atoms with E-state index < -0.39 is 0 Å². The topological polar surface area (TPSA) is 20.2 Å². The van der Waals surface area contributed by atoms with Gasteiger partial charge in [0.2, 0.25) is 0 Å². The van der Waals surface area contributed by atoms with Crippen molar-refractivity contribution in [2.45, 2.75) is 52.9 Å². The zero-order chi connectivity index (χ0) is 12.3. The molecule has 0 aliphatic carbocycles. The van der Waals surface area contributed by atoms with Crippen LogP contribution in [0.1, 0.15) is 52.2 Å². The molecule has 1 rings (SSSR count). The molecule has 1 heteroatoms. The van der Waals surface area contributed by atoms with Crippen molar-refractivity contribution in [1.29, 1.82) is 0 Å². The molecule has 0 amide bonds. The van der Waals surface area contributed by atoms with Crippen LogP contribution >= 0.6 is 0 Å². The van der Waals surface area contributed by atoms with Gasteiger partial charge < -0.3 is 5.11 Å². The Hall–Kier alpha value is -0.980.